The number of aliphatic hydroxyl groups is 1. The number of amides is 1. The second-order valence-electron chi connectivity index (χ2n) is 5.74. The van der Waals surface area contributed by atoms with E-state index in [2.05, 4.69) is 5.10 Å². The Morgan fingerprint density at radius 2 is 1.91 bits per heavy atom. The third-order valence-electron chi connectivity index (χ3n) is 3.49. The first-order valence-electron chi connectivity index (χ1n) is 7.61. The van der Waals surface area contributed by atoms with E-state index in [-0.39, 0.29) is 18.5 Å². The quantitative estimate of drug-likeness (QED) is 0.886. The molecule has 2 rings (SSSR count). The summed E-state index contributed by atoms with van der Waals surface area (Å²) in [5.74, 6) is 0.577. The number of hydrogen-bond acceptors (Lipinski definition) is 4. The van der Waals surface area contributed by atoms with Crippen LogP contribution < -0.4 is 4.74 Å². The third kappa shape index (κ3) is 4.10. The number of aromatic nitrogens is 2. The van der Waals surface area contributed by atoms with Crippen molar-refractivity contribution in [3.05, 3.63) is 42.2 Å². The first kappa shape index (κ1) is 17.0. The van der Waals surface area contributed by atoms with Crippen LogP contribution in [0.1, 0.15) is 31.3 Å². The molecule has 0 aliphatic carbocycles. The Balaban J connectivity index is 2.21. The summed E-state index contributed by atoms with van der Waals surface area (Å²) in [5.41, 5.74) is 1.20. The fourth-order valence-electron chi connectivity index (χ4n) is 2.28. The van der Waals surface area contributed by atoms with Crippen molar-refractivity contribution in [3.63, 3.8) is 0 Å². The van der Waals surface area contributed by atoms with Crippen molar-refractivity contribution in [3.8, 4) is 11.4 Å². The van der Waals surface area contributed by atoms with Crippen LogP contribution in [0.5, 0.6) is 5.75 Å². The van der Waals surface area contributed by atoms with Gasteiger partial charge in [-0.05, 0) is 51.1 Å². The van der Waals surface area contributed by atoms with Gasteiger partial charge in [-0.2, -0.15) is 5.10 Å². The average Bonchev–Trinajstić information content (AvgIpc) is 3.01. The first-order valence-corrected chi connectivity index (χ1v) is 7.61. The number of nitrogens with zero attached hydrogens (tertiary/aromatic N) is 3. The molecule has 0 aliphatic rings. The highest BCUT2D eigenvalue weighted by atomic mass is 16.5. The van der Waals surface area contributed by atoms with Gasteiger partial charge in [0.1, 0.15) is 5.75 Å². The Labute approximate surface area is 136 Å². The number of aliphatic hydroxyl groups excluding tert-OH is 1. The van der Waals surface area contributed by atoms with Crippen LogP contribution in [0.25, 0.3) is 5.69 Å². The molecule has 1 unspecified atom stereocenters. The summed E-state index contributed by atoms with van der Waals surface area (Å²) in [6.07, 6.45) is 1.17. The summed E-state index contributed by atoms with van der Waals surface area (Å²) < 4.78 is 6.78. The lowest BCUT2D eigenvalue weighted by Gasteiger charge is -2.27. The van der Waals surface area contributed by atoms with Crippen molar-refractivity contribution in [1.29, 1.82) is 0 Å². The Hall–Kier alpha value is -2.34. The molecule has 1 atom stereocenters. The maximum Gasteiger partial charge on any atom is 0.274 e. The molecule has 1 aromatic heterocycles. The van der Waals surface area contributed by atoms with Crippen molar-refractivity contribution in [2.24, 2.45) is 0 Å². The van der Waals surface area contributed by atoms with Gasteiger partial charge in [-0.15, -0.1) is 0 Å². The highest BCUT2D eigenvalue weighted by Gasteiger charge is 2.22. The maximum atomic E-state index is 12.6. The zero-order chi connectivity index (χ0) is 17.0. The van der Waals surface area contributed by atoms with Gasteiger partial charge < -0.3 is 14.7 Å². The van der Waals surface area contributed by atoms with E-state index in [1.807, 2.05) is 38.1 Å². The van der Waals surface area contributed by atoms with E-state index in [9.17, 15) is 9.90 Å². The van der Waals surface area contributed by atoms with Crippen LogP contribution in [0, 0.1) is 0 Å². The van der Waals surface area contributed by atoms with Crippen molar-refractivity contribution < 1.29 is 14.6 Å². The van der Waals surface area contributed by atoms with Crippen LogP contribution in [-0.4, -0.2) is 51.5 Å². The number of ether oxygens (including phenoxy) is 1. The largest absolute Gasteiger partial charge is 0.497 e. The Bertz CT molecular complexity index is 647. The lowest BCUT2D eigenvalue weighted by Crippen LogP contribution is -2.41. The standard InChI is InChI=1S/C17H23N3O3/c1-12(2)19(11-13(3)21)17(22)16-9-10-20(18-16)14-5-7-15(23-4)8-6-14/h5-10,12-13,21H,11H2,1-4H3. The number of methoxy groups -OCH3 is 1. The number of rotatable bonds is 6. The minimum atomic E-state index is -0.579. The molecular weight excluding hydrogens is 294 g/mol. The van der Waals surface area contributed by atoms with Gasteiger partial charge in [-0.1, -0.05) is 0 Å². The zero-order valence-corrected chi connectivity index (χ0v) is 13.9. The molecule has 0 aliphatic heterocycles. The lowest BCUT2D eigenvalue weighted by molar-refractivity contribution is 0.0572. The molecule has 2 aromatic rings. The van der Waals surface area contributed by atoms with Crippen LogP contribution in [0.15, 0.2) is 36.5 Å². The SMILES string of the molecule is COc1ccc(-n2ccc(C(=O)N(CC(C)O)C(C)C)n2)cc1. The molecule has 1 amide bonds. The van der Waals surface area contributed by atoms with Crippen molar-refractivity contribution in [2.75, 3.05) is 13.7 Å². The number of carbonyl (C=O) groups is 1. The van der Waals surface area contributed by atoms with Crippen molar-refractivity contribution in [1.82, 2.24) is 14.7 Å². The molecule has 0 saturated heterocycles. The minimum Gasteiger partial charge on any atom is -0.497 e. The van der Waals surface area contributed by atoms with E-state index in [1.165, 1.54) is 0 Å². The van der Waals surface area contributed by atoms with Gasteiger partial charge in [0.25, 0.3) is 5.91 Å². The summed E-state index contributed by atoms with van der Waals surface area (Å²) >= 11 is 0. The normalized spacial score (nSPS) is 12.3. The van der Waals surface area contributed by atoms with E-state index in [0.717, 1.165) is 11.4 Å². The maximum absolute atomic E-state index is 12.6. The zero-order valence-electron chi connectivity index (χ0n) is 13.9. The molecule has 0 saturated carbocycles. The summed E-state index contributed by atoms with van der Waals surface area (Å²) in [6, 6.07) is 9.10. The van der Waals surface area contributed by atoms with E-state index in [1.54, 1.807) is 35.9 Å². The third-order valence-corrected chi connectivity index (χ3v) is 3.49. The second-order valence-corrected chi connectivity index (χ2v) is 5.74. The molecule has 0 fully saturated rings. The molecular formula is C17H23N3O3. The summed E-state index contributed by atoms with van der Waals surface area (Å²) in [6.45, 7) is 5.78. The van der Waals surface area contributed by atoms with Gasteiger partial charge >= 0.3 is 0 Å². The molecule has 1 heterocycles. The van der Waals surface area contributed by atoms with Gasteiger partial charge in [-0.25, -0.2) is 4.68 Å². The first-order chi connectivity index (χ1) is 10.9. The summed E-state index contributed by atoms with van der Waals surface area (Å²) in [7, 11) is 1.61. The van der Waals surface area contributed by atoms with Crippen LogP contribution >= 0.6 is 0 Å². The fraction of sp³-hybridized carbons (Fsp3) is 0.412. The monoisotopic (exact) mass is 317 g/mol. The average molecular weight is 317 g/mol. The van der Waals surface area contributed by atoms with E-state index < -0.39 is 6.10 Å². The predicted molar refractivity (Wildman–Crippen MR) is 88.0 cm³/mol. The predicted octanol–water partition coefficient (Wildman–Crippen LogP) is 2.11. The number of hydrogen-bond donors (Lipinski definition) is 1. The summed E-state index contributed by atoms with van der Waals surface area (Å²) in [5, 5.41) is 13.9. The lowest BCUT2D eigenvalue weighted by atomic mass is 10.2. The molecule has 6 nitrogen and oxygen atoms in total. The molecule has 124 valence electrons. The van der Waals surface area contributed by atoms with Gasteiger partial charge in [0.2, 0.25) is 0 Å². The Morgan fingerprint density at radius 3 is 2.43 bits per heavy atom. The summed E-state index contributed by atoms with van der Waals surface area (Å²) in [4.78, 5) is 14.2. The van der Waals surface area contributed by atoms with Crippen LogP contribution in [-0.2, 0) is 0 Å². The Kier molecular flexibility index (Phi) is 5.39. The minimum absolute atomic E-state index is 0.0109. The molecule has 1 N–H and O–H groups in total. The second kappa shape index (κ2) is 7.28. The van der Waals surface area contributed by atoms with Crippen LogP contribution in [0.2, 0.25) is 0 Å². The van der Waals surface area contributed by atoms with Crippen molar-refractivity contribution >= 4 is 5.91 Å². The van der Waals surface area contributed by atoms with Gasteiger partial charge in [-0.3, -0.25) is 4.79 Å². The van der Waals surface area contributed by atoms with E-state index in [0.29, 0.717) is 5.69 Å². The van der Waals surface area contributed by atoms with Gasteiger partial charge in [0.05, 0.1) is 18.9 Å². The highest BCUT2D eigenvalue weighted by molar-refractivity contribution is 5.92. The molecule has 1 aromatic carbocycles. The van der Waals surface area contributed by atoms with Gasteiger partial charge in [0, 0.05) is 18.8 Å². The molecule has 23 heavy (non-hydrogen) atoms. The topological polar surface area (TPSA) is 67.6 Å². The Morgan fingerprint density at radius 1 is 1.26 bits per heavy atom. The fourth-order valence-corrected chi connectivity index (χ4v) is 2.28. The van der Waals surface area contributed by atoms with Crippen LogP contribution in [0.3, 0.4) is 0 Å². The van der Waals surface area contributed by atoms with E-state index in [4.69, 9.17) is 4.74 Å². The van der Waals surface area contributed by atoms with Crippen LogP contribution in [0.4, 0.5) is 0 Å². The molecule has 6 heteroatoms. The molecule has 0 radical (unpaired) electrons. The highest BCUT2D eigenvalue weighted by Crippen LogP contribution is 2.15. The van der Waals surface area contributed by atoms with Crippen molar-refractivity contribution in [2.45, 2.75) is 32.9 Å². The van der Waals surface area contributed by atoms with E-state index >= 15 is 0 Å². The smallest absolute Gasteiger partial charge is 0.274 e. The molecule has 0 spiro atoms. The molecule has 0 bridgehead atoms. The number of benzene rings is 1. The van der Waals surface area contributed by atoms with Gasteiger partial charge in [0.15, 0.2) is 5.69 Å². The number of carbonyl (C=O) groups excluding carboxylic acids is 1.